The van der Waals surface area contributed by atoms with Gasteiger partial charge in [-0.1, -0.05) is 18.2 Å². The van der Waals surface area contributed by atoms with Gasteiger partial charge in [0.2, 0.25) is 0 Å². The van der Waals surface area contributed by atoms with Gasteiger partial charge in [0.1, 0.15) is 5.65 Å². The number of alkyl halides is 3. The molecule has 2 aromatic heterocycles. The molecule has 0 atom stereocenters. The van der Waals surface area contributed by atoms with Crippen LogP contribution in [0.15, 0.2) is 48.8 Å². The van der Waals surface area contributed by atoms with Crippen LogP contribution in [-0.2, 0) is 6.18 Å². The molecule has 0 aliphatic heterocycles. The zero-order valence-electron chi connectivity index (χ0n) is 10.6. The van der Waals surface area contributed by atoms with E-state index in [1.165, 1.54) is 30.6 Å². The highest BCUT2D eigenvalue weighted by Crippen LogP contribution is 2.33. The van der Waals surface area contributed by atoms with E-state index in [9.17, 15) is 18.0 Å². The third-order valence-electron chi connectivity index (χ3n) is 3.17. The van der Waals surface area contributed by atoms with E-state index in [-0.39, 0.29) is 11.1 Å². The summed E-state index contributed by atoms with van der Waals surface area (Å²) >= 11 is 0. The SMILES string of the molecule is O=C(c1ccccc1C(F)(F)F)c1c[nH]c2ncccc12. The Morgan fingerprint density at radius 2 is 1.81 bits per heavy atom. The predicted molar refractivity (Wildman–Crippen MR) is 71.0 cm³/mol. The van der Waals surface area contributed by atoms with Crippen molar-refractivity contribution in [3.63, 3.8) is 0 Å². The van der Waals surface area contributed by atoms with Crippen molar-refractivity contribution >= 4 is 16.8 Å². The first-order valence-corrected chi connectivity index (χ1v) is 6.11. The number of nitrogens with zero attached hydrogens (tertiary/aromatic N) is 1. The zero-order valence-corrected chi connectivity index (χ0v) is 10.6. The maximum absolute atomic E-state index is 13.0. The Kier molecular flexibility index (Phi) is 3.01. The number of aromatic nitrogens is 2. The molecule has 3 aromatic rings. The van der Waals surface area contributed by atoms with Gasteiger partial charge in [0.05, 0.1) is 5.56 Å². The fourth-order valence-corrected chi connectivity index (χ4v) is 2.22. The van der Waals surface area contributed by atoms with Gasteiger partial charge in [-0.15, -0.1) is 0 Å². The Hall–Kier alpha value is -2.63. The van der Waals surface area contributed by atoms with Gasteiger partial charge in [-0.3, -0.25) is 4.79 Å². The molecule has 0 saturated carbocycles. The number of nitrogens with one attached hydrogen (secondary N) is 1. The number of rotatable bonds is 2. The summed E-state index contributed by atoms with van der Waals surface area (Å²) in [6, 6.07) is 8.03. The van der Waals surface area contributed by atoms with Crippen molar-refractivity contribution in [1.29, 1.82) is 0 Å². The van der Waals surface area contributed by atoms with Gasteiger partial charge in [-0.2, -0.15) is 13.2 Å². The van der Waals surface area contributed by atoms with Crippen molar-refractivity contribution in [3.05, 3.63) is 65.5 Å². The summed E-state index contributed by atoms with van der Waals surface area (Å²) in [7, 11) is 0. The Morgan fingerprint density at radius 1 is 1.05 bits per heavy atom. The Morgan fingerprint density at radius 3 is 2.57 bits per heavy atom. The van der Waals surface area contributed by atoms with Gasteiger partial charge in [0, 0.05) is 28.9 Å². The second-order valence-corrected chi connectivity index (χ2v) is 4.47. The molecule has 21 heavy (non-hydrogen) atoms. The first-order valence-electron chi connectivity index (χ1n) is 6.11. The van der Waals surface area contributed by atoms with Crippen LogP contribution in [0.1, 0.15) is 21.5 Å². The monoisotopic (exact) mass is 290 g/mol. The van der Waals surface area contributed by atoms with Crippen molar-refractivity contribution in [2.24, 2.45) is 0 Å². The fraction of sp³-hybridized carbons (Fsp3) is 0.0667. The fourth-order valence-electron chi connectivity index (χ4n) is 2.22. The summed E-state index contributed by atoms with van der Waals surface area (Å²) in [5, 5.41) is 0.500. The van der Waals surface area contributed by atoms with Gasteiger partial charge >= 0.3 is 6.18 Å². The lowest BCUT2D eigenvalue weighted by Crippen LogP contribution is -2.13. The third-order valence-corrected chi connectivity index (χ3v) is 3.17. The van der Waals surface area contributed by atoms with Crippen molar-refractivity contribution in [2.75, 3.05) is 0 Å². The molecule has 0 amide bonds. The van der Waals surface area contributed by atoms with E-state index in [0.29, 0.717) is 11.0 Å². The maximum Gasteiger partial charge on any atom is 0.417 e. The van der Waals surface area contributed by atoms with Crippen LogP contribution in [0, 0.1) is 0 Å². The molecular weight excluding hydrogens is 281 g/mol. The summed E-state index contributed by atoms with van der Waals surface area (Å²) in [6.07, 6.45) is -1.65. The van der Waals surface area contributed by atoms with Crippen molar-refractivity contribution < 1.29 is 18.0 Å². The molecule has 0 radical (unpaired) electrons. The van der Waals surface area contributed by atoms with Crippen LogP contribution < -0.4 is 0 Å². The molecule has 0 saturated heterocycles. The summed E-state index contributed by atoms with van der Waals surface area (Å²) in [5.41, 5.74) is -0.664. The second kappa shape index (κ2) is 4.73. The van der Waals surface area contributed by atoms with Crippen LogP contribution >= 0.6 is 0 Å². The molecule has 2 heterocycles. The molecule has 0 aliphatic carbocycles. The van der Waals surface area contributed by atoms with E-state index in [0.717, 1.165) is 6.07 Å². The molecule has 1 N–H and O–H groups in total. The molecule has 106 valence electrons. The number of hydrogen-bond acceptors (Lipinski definition) is 2. The van der Waals surface area contributed by atoms with Crippen LogP contribution in [-0.4, -0.2) is 15.8 Å². The highest BCUT2D eigenvalue weighted by molar-refractivity contribution is 6.16. The van der Waals surface area contributed by atoms with Gasteiger partial charge in [-0.05, 0) is 18.2 Å². The number of pyridine rings is 1. The topological polar surface area (TPSA) is 45.8 Å². The minimum Gasteiger partial charge on any atom is -0.345 e. The second-order valence-electron chi connectivity index (χ2n) is 4.47. The highest BCUT2D eigenvalue weighted by atomic mass is 19.4. The molecular formula is C15H9F3N2O. The van der Waals surface area contributed by atoms with Crippen molar-refractivity contribution in [3.8, 4) is 0 Å². The molecule has 3 rings (SSSR count). The van der Waals surface area contributed by atoms with Crippen LogP contribution in [0.25, 0.3) is 11.0 Å². The Bertz CT molecular complexity index is 821. The molecule has 0 fully saturated rings. The van der Waals surface area contributed by atoms with E-state index in [1.54, 1.807) is 12.1 Å². The number of fused-ring (bicyclic) bond motifs is 1. The molecule has 0 unspecified atom stereocenters. The van der Waals surface area contributed by atoms with Gasteiger partial charge < -0.3 is 4.98 Å². The van der Waals surface area contributed by atoms with E-state index >= 15 is 0 Å². The lowest BCUT2D eigenvalue weighted by molar-refractivity contribution is -0.137. The largest absolute Gasteiger partial charge is 0.417 e. The van der Waals surface area contributed by atoms with Crippen LogP contribution in [0.5, 0.6) is 0 Å². The van der Waals surface area contributed by atoms with E-state index in [1.807, 2.05) is 0 Å². The van der Waals surface area contributed by atoms with Crippen LogP contribution in [0.4, 0.5) is 13.2 Å². The Balaban J connectivity index is 2.16. The van der Waals surface area contributed by atoms with Gasteiger partial charge in [0.15, 0.2) is 5.78 Å². The van der Waals surface area contributed by atoms with E-state index in [2.05, 4.69) is 9.97 Å². The minimum atomic E-state index is -4.57. The standard InChI is InChI=1S/C15H9F3N2O/c16-15(17,18)12-6-2-1-4-10(12)13(21)11-8-20-14-9(11)5-3-7-19-14/h1-8H,(H,19,20). The molecule has 1 aromatic carbocycles. The van der Waals surface area contributed by atoms with E-state index in [4.69, 9.17) is 0 Å². The quantitative estimate of drug-likeness (QED) is 0.729. The first-order chi connectivity index (χ1) is 9.98. The van der Waals surface area contributed by atoms with Crippen LogP contribution in [0.2, 0.25) is 0 Å². The molecule has 0 spiro atoms. The lowest BCUT2D eigenvalue weighted by Gasteiger charge is -2.11. The number of hydrogen-bond donors (Lipinski definition) is 1. The van der Waals surface area contributed by atoms with E-state index < -0.39 is 17.5 Å². The smallest absolute Gasteiger partial charge is 0.345 e. The van der Waals surface area contributed by atoms with Crippen molar-refractivity contribution in [1.82, 2.24) is 9.97 Å². The predicted octanol–water partition coefficient (Wildman–Crippen LogP) is 3.81. The number of halogens is 3. The number of carbonyl (C=O) groups excluding carboxylic acids is 1. The number of ketones is 1. The number of H-pyrrole nitrogens is 1. The maximum atomic E-state index is 13.0. The van der Waals surface area contributed by atoms with Crippen molar-refractivity contribution in [2.45, 2.75) is 6.18 Å². The average molecular weight is 290 g/mol. The average Bonchev–Trinajstić information content (AvgIpc) is 2.89. The molecule has 0 bridgehead atoms. The minimum absolute atomic E-state index is 0.176. The molecule has 0 aliphatic rings. The zero-order chi connectivity index (χ0) is 15.0. The first kappa shape index (κ1) is 13.4. The van der Waals surface area contributed by atoms with Gasteiger partial charge in [0.25, 0.3) is 0 Å². The number of benzene rings is 1. The Labute approximate surface area is 117 Å². The number of aromatic amines is 1. The lowest BCUT2D eigenvalue weighted by atomic mass is 9.98. The highest BCUT2D eigenvalue weighted by Gasteiger charge is 2.35. The summed E-state index contributed by atoms with van der Waals surface area (Å²) < 4.78 is 39.0. The summed E-state index contributed by atoms with van der Waals surface area (Å²) in [4.78, 5) is 19.2. The molecule has 6 heteroatoms. The summed E-state index contributed by atoms with van der Waals surface area (Å²) in [6.45, 7) is 0. The molecule has 3 nitrogen and oxygen atoms in total. The number of carbonyl (C=O) groups is 1. The van der Waals surface area contributed by atoms with Gasteiger partial charge in [-0.25, -0.2) is 4.98 Å². The normalized spacial score (nSPS) is 11.8. The third kappa shape index (κ3) is 2.29. The summed E-state index contributed by atoms with van der Waals surface area (Å²) in [5.74, 6) is -0.679. The van der Waals surface area contributed by atoms with Crippen LogP contribution in [0.3, 0.4) is 0 Å².